The molecule has 1 heterocycles. The number of hydrogen-bond acceptors (Lipinski definition) is 3. The van der Waals surface area contributed by atoms with E-state index >= 15 is 0 Å². The van der Waals surface area contributed by atoms with Crippen LogP contribution in [0, 0.1) is 24.7 Å². The summed E-state index contributed by atoms with van der Waals surface area (Å²) in [7, 11) is 0. The molecule has 5 heteroatoms. The second kappa shape index (κ2) is 6.71. The van der Waals surface area contributed by atoms with Gasteiger partial charge in [0.25, 0.3) is 0 Å². The molecule has 2 aliphatic rings. The van der Waals surface area contributed by atoms with Gasteiger partial charge in [0.2, 0.25) is 5.91 Å². The Morgan fingerprint density at radius 2 is 2.00 bits per heavy atom. The molecule has 1 aliphatic carbocycles. The molecule has 0 spiro atoms. The molecule has 1 aromatic rings. The van der Waals surface area contributed by atoms with Crippen molar-refractivity contribution < 1.29 is 19.4 Å². The maximum absolute atomic E-state index is 12.0. The average Bonchev–Trinajstić information content (AvgIpc) is 3.35. The van der Waals surface area contributed by atoms with E-state index in [9.17, 15) is 9.59 Å². The van der Waals surface area contributed by atoms with E-state index in [1.165, 1.54) is 5.56 Å². The van der Waals surface area contributed by atoms with E-state index in [1.54, 1.807) is 0 Å². The van der Waals surface area contributed by atoms with Crippen LogP contribution in [0.2, 0.25) is 0 Å². The molecule has 1 amide bonds. The molecule has 0 bridgehead atoms. The van der Waals surface area contributed by atoms with Crippen molar-refractivity contribution in [2.24, 2.45) is 17.8 Å². The Morgan fingerprint density at radius 1 is 1.26 bits per heavy atom. The van der Waals surface area contributed by atoms with Gasteiger partial charge >= 0.3 is 5.97 Å². The number of carboxylic acids is 1. The monoisotopic (exact) mass is 317 g/mol. The van der Waals surface area contributed by atoms with E-state index in [0.717, 1.165) is 25.0 Å². The molecule has 1 saturated heterocycles. The summed E-state index contributed by atoms with van der Waals surface area (Å²) in [5.41, 5.74) is 2.35. The lowest BCUT2D eigenvalue weighted by atomic mass is 9.89. The molecule has 0 radical (unpaired) electrons. The van der Waals surface area contributed by atoms with E-state index in [-0.39, 0.29) is 23.8 Å². The summed E-state index contributed by atoms with van der Waals surface area (Å²) in [6, 6.07) is 8.32. The third kappa shape index (κ3) is 3.72. The highest BCUT2D eigenvalue weighted by Crippen LogP contribution is 2.39. The number of carboxylic acid groups (broad SMARTS) is 1. The number of benzene rings is 1. The fourth-order valence-electron chi connectivity index (χ4n) is 3.30. The van der Waals surface area contributed by atoms with Crippen LogP contribution < -0.4 is 5.32 Å². The van der Waals surface area contributed by atoms with Gasteiger partial charge in [-0.1, -0.05) is 29.8 Å². The van der Waals surface area contributed by atoms with Crippen LogP contribution >= 0.6 is 0 Å². The van der Waals surface area contributed by atoms with Crippen molar-refractivity contribution in [2.75, 3.05) is 13.2 Å². The molecule has 1 aromatic carbocycles. The molecule has 2 fully saturated rings. The third-order valence-corrected chi connectivity index (χ3v) is 4.83. The van der Waals surface area contributed by atoms with Crippen molar-refractivity contribution in [3.8, 4) is 0 Å². The van der Waals surface area contributed by atoms with Gasteiger partial charge in [-0.2, -0.15) is 0 Å². The van der Waals surface area contributed by atoms with Gasteiger partial charge in [-0.25, -0.2) is 0 Å². The standard InChI is InChI=1S/C18H23NO4/c1-11-4-6-12(7-5-11)16-13(3-2-8-23-16)10-19-17(20)14-9-15(14)18(21)22/h4-7,13-16H,2-3,8-10H2,1H3,(H,19,20)(H,21,22). The van der Waals surface area contributed by atoms with Crippen molar-refractivity contribution in [3.05, 3.63) is 35.4 Å². The fraction of sp³-hybridized carbons (Fsp3) is 0.556. The summed E-state index contributed by atoms with van der Waals surface area (Å²) in [5, 5.41) is 11.8. The number of aliphatic carboxylic acids is 1. The summed E-state index contributed by atoms with van der Waals surface area (Å²) in [5.74, 6) is -1.62. The van der Waals surface area contributed by atoms with Gasteiger partial charge in [-0.3, -0.25) is 9.59 Å². The van der Waals surface area contributed by atoms with Crippen LogP contribution in [0.25, 0.3) is 0 Å². The number of hydrogen-bond donors (Lipinski definition) is 2. The molecule has 23 heavy (non-hydrogen) atoms. The molecular formula is C18H23NO4. The molecule has 124 valence electrons. The first-order valence-electron chi connectivity index (χ1n) is 8.25. The van der Waals surface area contributed by atoms with Crippen LogP contribution in [0.15, 0.2) is 24.3 Å². The molecule has 4 unspecified atom stereocenters. The summed E-state index contributed by atoms with van der Waals surface area (Å²) in [6.07, 6.45) is 2.46. The van der Waals surface area contributed by atoms with E-state index < -0.39 is 11.9 Å². The molecule has 2 N–H and O–H groups in total. The summed E-state index contributed by atoms with van der Waals surface area (Å²) >= 11 is 0. The molecular weight excluding hydrogens is 294 g/mol. The van der Waals surface area contributed by atoms with Crippen LogP contribution in [0.5, 0.6) is 0 Å². The Labute approximate surface area is 136 Å². The Kier molecular flexibility index (Phi) is 4.66. The lowest BCUT2D eigenvalue weighted by Gasteiger charge is -2.32. The number of amides is 1. The van der Waals surface area contributed by atoms with Crippen LogP contribution in [-0.2, 0) is 14.3 Å². The quantitative estimate of drug-likeness (QED) is 0.874. The van der Waals surface area contributed by atoms with Crippen LogP contribution in [0.3, 0.4) is 0 Å². The molecule has 0 aromatic heterocycles. The first kappa shape index (κ1) is 16.0. The zero-order valence-electron chi connectivity index (χ0n) is 13.3. The SMILES string of the molecule is Cc1ccc(C2OCCCC2CNC(=O)C2CC2C(=O)O)cc1. The normalized spacial score (nSPS) is 29.8. The number of carbonyl (C=O) groups excluding carboxylic acids is 1. The topological polar surface area (TPSA) is 75.6 Å². The highest BCUT2D eigenvalue weighted by Gasteiger charge is 2.48. The minimum Gasteiger partial charge on any atom is -0.481 e. The Bertz CT molecular complexity index is 583. The molecule has 1 aliphatic heterocycles. The summed E-state index contributed by atoms with van der Waals surface area (Å²) < 4.78 is 5.94. The van der Waals surface area contributed by atoms with Gasteiger partial charge < -0.3 is 15.2 Å². The van der Waals surface area contributed by atoms with Gasteiger partial charge in [0.1, 0.15) is 0 Å². The number of nitrogens with one attached hydrogen (secondary N) is 1. The second-order valence-electron chi connectivity index (χ2n) is 6.64. The molecule has 4 atom stereocenters. The van der Waals surface area contributed by atoms with Crippen molar-refractivity contribution in [2.45, 2.75) is 32.3 Å². The van der Waals surface area contributed by atoms with Gasteiger partial charge in [-0.05, 0) is 31.7 Å². The van der Waals surface area contributed by atoms with E-state index in [2.05, 4.69) is 36.5 Å². The first-order chi connectivity index (χ1) is 11.1. The van der Waals surface area contributed by atoms with Gasteiger partial charge in [0.15, 0.2) is 0 Å². The van der Waals surface area contributed by atoms with Crippen LogP contribution in [0.1, 0.15) is 36.5 Å². The first-order valence-corrected chi connectivity index (χ1v) is 8.25. The second-order valence-corrected chi connectivity index (χ2v) is 6.64. The number of rotatable bonds is 5. The summed E-state index contributed by atoms with van der Waals surface area (Å²) in [4.78, 5) is 22.9. The van der Waals surface area contributed by atoms with Crippen molar-refractivity contribution in [3.63, 3.8) is 0 Å². The van der Waals surface area contributed by atoms with Crippen molar-refractivity contribution in [1.82, 2.24) is 5.32 Å². The lowest BCUT2D eigenvalue weighted by molar-refractivity contribution is -0.140. The smallest absolute Gasteiger partial charge is 0.307 e. The molecule has 5 nitrogen and oxygen atoms in total. The molecule has 3 rings (SSSR count). The minimum atomic E-state index is -0.872. The minimum absolute atomic E-state index is 0.000811. The molecule has 1 saturated carbocycles. The van der Waals surface area contributed by atoms with E-state index in [4.69, 9.17) is 9.84 Å². The maximum Gasteiger partial charge on any atom is 0.307 e. The van der Waals surface area contributed by atoms with Gasteiger partial charge in [0.05, 0.1) is 17.9 Å². The Morgan fingerprint density at radius 3 is 2.65 bits per heavy atom. The van der Waals surface area contributed by atoms with E-state index in [0.29, 0.717) is 13.0 Å². The highest BCUT2D eigenvalue weighted by molar-refractivity contribution is 5.89. The number of ether oxygens (including phenoxy) is 1. The van der Waals surface area contributed by atoms with Crippen LogP contribution in [0.4, 0.5) is 0 Å². The van der Waals surface area contributed by atoms with E-state index in [1.807, 2.05) is 0 Å². The lowest BCUT2D eigenvalue weighted by Crippen LogP contribution is -2.36. The largest absolute Gasteiger partial charge is 0.481 e. The predicted octanol–water partition coefficient (Wildman–Crippen LogP) is 2.30. The Balaban J connectivity index is 1.58. The number of aryl methyl sites for hydroxylation is 1. The average molecular weight is 317 g/mol. The number of carbonyl (C=O) groups is 2. The van der Waals surface area contributed by atoms with Gasteiger partial charge in [-0.15, -0.1) is 0 Å². The van der Waals surface area contributed by atoms with Gasteiger partial charge in [0, 0.05) is 19.1 Å². The highest BCUT2D eigenvalue weighted by atomic mass is 16.5. The predicted molar refractivity (Wildman–Crippen MR) is 84.8 cm³/mol. The van der Waals surface area contributed by atoms with Crippen molar-refractivity contribution in [1.29, 1.82) is 0 Å². The maximum atomic E-state index is 12.0. The summed E-state index contributed by atoms with van der Waals surface area (Å²) in [6.45, 7) is 3.34. The van der Waals surface area contributed by atoms with Crippen molar-refractivity contribution >= 4 is 11.9 Å². The zero-order chi connectivity index (χ0) is 16.4. The fourth-order valence-corrected chi connectivity index (χ4v) is 3.30. The van der Waals surface area contributed by atoms with Crippen LogP contribution in [-0.4, -0.2) is 30.1 Å². The third-order valence-electron chi connectivity index (χ3n) is 4.83. The zero-order valence-corrected chi connectivity index (χ0v) is 13.3. The Hall–Kier alpha value is -1.88.